The van der Waals surface area contributed by atoms with Gasteiger partial charge in [0.2, 0.25) is 0 Å². The Morgan fingerprint density at radius 1 is 1.25 bits per heavy atom. The van der Waals surface area contributed by atoms with E-state index in [0.717, 1.165) is 23.8 Å². The number of nitriles is 1. The van der Waals surface area contributed by atoms with Crippen molar-refractivity contribution in [3.63, 3.8) is 0 Å². The number of imidazole rings is 1. The maximum absolute atomic E-state index is 13.5. The van der Waals surface area contributed by atoms with Gasteiger partial charge in [0.25, 0.3) is 0 Å². The van der Waals surface area contributed by atoms with Crippen LogP contribution in [-0.2, 0) is 10.9 Å². The van der Waals surface area contributed by atoms with Crippen LogP contribution in [0.2, 0.25) is 0 Å². The third-order valence-corrected chi connectivity index (χ3v) is 4.06. The fourth-order valence-electron chi connectivity index (χ4n) is 2.73. The van der Waals surface area contributed by atoms with Crippen LogP contribution in [0.25, 0.3) is 11.4 Å². The van der Waals surface area contributed by atoms with Crippen molar-refractivity contribution in [1.29, 1.82) is 5.26 Å². The zero-order valence-electron chi connectivity index (χ0n) is 14.8. The van der Waals surface area contributed by atoms with Crippen molar-refractivity contribution < 1.29 is 22.7 Å². The Kier molecular flexibility index (Phi) is 4.60. The number of halogens is 3. The SMILES string of the molecule is COC(=O)c1c(N)c(C#N)cn1-c1cc(-n2cnc(C)c2)cc(C(F)(F)F)c1. The molecule has 7 nitrogen and oxygen atoms in total. The molecule has 0 aliphatic heterocycles. The van der Waals surface area contributed by atoms with E-state index in [0.29, 0.717) is 5.69 Å². The van der Waals surface area contributed by atoms with Crippen molar-refractivity contribution in [3.05, 3.63) is 59.4 Å². The summed E-state index contributed by atoms with van der Waals surface area (Å²) in [5.41, 5.74) is 5.20. The molecule has 0 unspecified atom stereocenters. The lowest BCUT2D eigenvalue weighted by Gasteiger charge is -2.15. The number of hydrogen-bond acceptors (Lipinski definition) is 5. The number of anilines is 1. The second kappa shape index (κ2) is 6.77. The zero-order chi connectivity index (χ0) is 20.6. The highest BCUT2D eigenvalue weighted by Crippen LogP contribution is 2.34. The van der Waals surface area contributed by atoms with Gasteiger partial charge in [0.15, 0.2) is 5.69 Å². The predicted molar refractivity (Wildman–Crippen MR) is 93.1 cm³/mol. The lowest BCUT2D eigenvalue weighted by atomic mass is 10.1. The average molecular weight is 389 g/mol. The summed E-state index contributed by atoms with van der Waals surface area (Å²) in [6, 6.07) is 5.05. The van der Waals surface area contributed by atoms with Crippen molar-refractivity contribution in [2.75, 3.05) is 12.8 Å². The van der Waals surface area contributed by atoms with Gasteiger partial charge >= 0.3 is 12.1 Å². The molecule has 10 heteroatoms. The highest BCUT2D eigenvalue weighted by Gasteiger charge is 2.32. The first-order valence-electron chi connectivity index (χ1n) is 7.88. The Labute approximate surface area is 157 Å². The molecule has 0 radical (unpaired) electrons. The Hall–Kier alpha value is -3.74. The Morgan fingerprint density at radius 3 is 2.46 bits per heavy atom. The van der Waals surface area contributed by atoms with Gasteiger partial charge in [0.05, 0.1) is 35.9 Å². The maximum atomic E-state index is 13.5. The molecule has 3 rings (SSSR count). The van der Waals surface area contributed by atoms with Gasteiger partial charge in [-0.2, -0.15) is 18.4 Å². The normalized spacial score (nSPS) is 11.3. The molecule has 0 aliphatic rings. The van der Waals surface area contributed by atoms with Gasteiger partial charge in [-0.25, -0.2) is 9.78 Å². The first-order valence-corrected chi connectivity index (χ1v) is 7.88. The molecule has 3 aromatic rings. The highest BCUT2D eigenvalue weighted by atomic mass is 19.4. The number of ether oxygens (including phenoxy) is 1. The van der Waals surface area contributed by atoms with Gasteiger partial charge in [-0.15, -0.1) is 0 Å². The summed E-state index contributed by atoms with van der Waals surface area (Å²) in [4.78, 5) is 16.1. The van der Waals surface area contributed by atoms with Crippen LogP contribution in [0.15, 0.2) is 36.9 Å². The van der Waals surface area contributed by atoms with Crippen molar-refractivity contribution in [1.82, 2.24) is 14.1 Å². The minimum Gasteiger partial charge on any atom is -0.464 e. The van der Waals surface area contributed by atoms with Gasteiger partial charge in [-0.1, -0.05) is 0 Å². The minimum absolute atomic E-state index is 0.00946. The van der Waals surface area contributed by atoms with Gasteiger partial charge in [-0.05, 0) is 25.1 Å². The molecule has 2 heterocycles. The molecule has 1 aromatic carbocycles. The second-order valence-electron chi connectivity index (χ2n) is 5.94. The smallest absolute Gasteiger partial charge is 0.416 e. The lowest BCUT2D eigenvalue weighted by molar-refractivity contribution is -0.137. The van der Waals surface area contributed by atoms with Gasteiger partial charge in [0.1, 0.15) is 6.07 Å². The summed E-state index contributed by atoms with van der Waals surface area (Å²) in [5, 5.41) is 9.19. The third kappa shape index (κ3) is 3.29. The largest absolute Gasteiger partial charge is 0.464 e. The molecule has 0 aliphatic carbocycles. The van der Waals surface area contributed by atoms with Crippen LogP contribution in [0, 0.1) is 18.3 Å². The number of methoxy groups -OCH3 is 1. The van der Waals surface area contributed by atoms with Crippen LogP contribution in [0.1, 0.15) is 27.3 Å². The number of nitrogen functional groups attached to an aromatic ring is 1. The number of aryl methyl sites for hydroxylation is 1. The molecule has 0 atom stereocenters. The van der Waals surface area contributed by atoms with Crippen molar-refractivity contribution in [2.24, 2.45) is 0 Å². The quantitative estimate of drug-likeness (QED) is 0.694. The van der Waals surface area contributed by atoms with Crippen molar-refractivity contribution in [2.45, 2.75) is 13.1 Å². The number of nitrogens with two attached hydrogens (primary N) is 1. The first-order chi connectivity index (χ1) is 13.2. The van der Waals surface area contributed by atoms with Crippen LogP contribution >= 0.6 is 0 Å². The summed E-state index contributed by atoms with van der Waals surface area (Å²) in [7, 11) is 1.11. The molecule has 0 bridgehead atoms. The van der Waals surface area contributed by atoms with Crippen LogP contribution in [0.4, 0.5) is 18.9 Å². The summed E-state index contributed by atoms with van der Waals surface area (Å²) in [5.74, 6) is -0.878. The summed E-state index contributed by atoms with van der Waals surface area (Å²) in [6.07, 6.45) is -0.506. The summed E-state index contributed by atoms with van der Waals surface area (Å²) < 4.78 is 47.6. The van der Waals surface area contributed by atoms with Crippen LogP contribution < -0.4 is 5.73 Å². The topological polar surface area (TPSA) is 98.9 Å². The minimum atomic E-state index is -4.64. The number of benzene rings is 1. The number of carbonyl (C=O) groups excluding carboxylic acids is 1. The molecule has 144 valence electrons. The van der Waals surface area contributed by atoms with E-state index in [4.69, 9.17) is 5.73 Å². The van der Waals surface area contributed by atoms with Gasteiger partial charge in [-0.3, -0.25) is 0 Å². The monoisotopic (exact) mass is 389 g/mol. The van der Waals surface area contributed by atoms with E-state index >= 15 is 0 Å². The second-order valence-corrected chi connectivity index (χ2v) is 5.94. The Morgan fingerprint density at radius 2 is 1.93 bits per heavy atom. The molecule has 0 spiro atoms. The van der Waals surface area contributed by atoms with Crippen LogP contribution in [-0.4, -0.2) is 27.2 Å². The van der Waals surface area contributed by atoms with E-state index < -0.39 is 17.7 Å². The number of carbonyl (C=O) groups is 1. The van der Waals surface area contributed by atoms with Gasteiger partial charge < -0.3 is 19.6 Å². The fraction of sp³-hybridized carbons (Fsp3) is 0.167. The molecule has 28 heavy (non-hydrogen) atoms. The molecule has 0 amide bonds. The number of hydrogen-bond donors (Lipinski definition) is 1. The number of nitrogens with zero attached hydrogens (tertiary/aromatic N) is 4. The maximum Gasteiger partial charge on any atom is 0.416 e. The fourth-order valence-corrected chi connectivity index (χ4v) is 2.73. The zero-order valence-corrected chi connectivity index (χ0v) is 14.8. The van der Waals surface area contributed by atoms with Crippen molar-refractivity contribution >= 4 is 11.7 Å². The Bertz CT molecular complexity index is 1110. The van der Waals surface area contributed by atoms with E-state index in [-0.39, 0.29) is 28.3 Å². The summed E-state index contributed by atoms with van der Waals surface area (Å²) >= 11 is 0. The number of aromatic nitrogens is 3. The number of rotatable bonds is 3. The lowest BCUT2D eigenvalue weighted by Crippen LogP contribution is -2.13. The van der Waals surface area contributed by atoms with Crippen LogP contribution in [0.3, 0.4) is 0 Å². The average Bonchev–Trinajstić information content (AvgIpc) is 3.23. The number of alkyl halides is 3. The van der Waals surface area contributed by atoms with E-state index in [1.54, 1.807) is 13.1 Å². The Balaban J connectivity index is 2.31. The van der Waals surface area contributed by atoms with Gasteiger partial charge in [0, 0.05) is 23.8 Å². The first kappa shape index (κ1) is 19.0. The molecular weight excluding hydrogens is 375 g/mol. The van der Waals surface area contributed by atoms with E-state index in [1.165, 1.54) is 23.2 Å². The molecule has 2 aromatic heterocycles. The molecule has 0 fully saturated rings. The summed E-state index contributed by atoms with van der Waals surface area (Å²) in [6.45, 7) is 1.70. The molecule has 2 N–H and O–H groups in total. The van der Waals surface area contributed by atoms with E-state index in [2.05, 4.69) is 9.72 Å². The molecule has 0 saturated heterocycles. The third-order valence-electron chi connectivity index (χ3n) is 4.06. The highest BCUT2D eigenvalue weighted by molar-refractivity contribution is 5.96. The number of esters is 1. The van der Waals surface area contributed by atoms with E-state index in [1.807, 2.05) is 6.07 Å². The van der Waals surface area contributed by atoms with E-state index in [9.17, 15) is 23.2 Å². The van der Waals surface area contributed by atoms with Crippen molar-refractivity contribution in [3.8, 4) is 17.4 Å². The molecule has 0 saturated carbocycles. The molecular formula is C18H14F3N5O2. The van der Waals surface area contributed by atoms with Crippen LogP contribution in [0.5, 0.6) is 0 Å². The standard InChI is InChI=1S/C18H14F3N5O2/c1-10-7-25(9-24-10)13-3-12(18(19,20)21)4-14(5-13)26-8-11(6-22)15(23)16(26)17(27)28-2/h3-5,7-9H,23H2,1-2H3. The predicted octanol–water partition coefficient (Wildman–Crippen LogP) is 3.23.